The number of amides is 2. The van der Waals surface area contributed by atoms with Gasteiger partial charge in [0.25, 0.3) is 0 Å². The smallest absolute Gasteiger partial charge is 0.248 e. The summed E-state index contributed by atoms with van der Waals surface area (Å²) >= 11 is 0. The Hall–Kier alpha value is -3.66. The molecule has 0 unspecified atom stereocenters. The van der Waals surface area contributed by atoms with Crippen LogP contribution in [0.3, 0.4) is 0 Å². The molecule has 2 amide bonds. The van der Waals surface area contributed by atoms with E-state index in [2.05, 4.69) is 5.10 Å². The Kier molecular flexibility index (Phi) is 6.97. The van der Waals surface area contributed by atoms with Gasteiger partial charge in [-0.3, -0.25) is 14.3 Å². The van der Waals surface area contributed by atoms with Gasteiger partial charge in [0.2, 0.25) is 11.8 Å². The van der Waals surface area contributed by atoms with E-state index in [0.29, 0.717) is 36.3 Å². The van der Waals surface area contributed by atoms with E-state index in [-0.39, 0.29) is 35.7 Å². The van der Waals surface area contributed by atoms with Crippen molar-refractivity contribution in [2.75, 3.05) is 26.3 Å². The monoisotopic (exact) mass is 470 g/mol. The fraction of sp³-hybridized carbons (Fsp3) is 0.375. The van der Waals surface area contributed by atoms with E-state index in [1.165, 1.54) is 18.2 Å². The molecule has 2 heterocycles. The Morgan fingerprint density at radius 2 is 1.91 bits per heavy atom. The van der Waals surface area contributed by atoms with Crippen LogP contribution in [0.25, 0.3) is 10.9 Å². The normalized spacial score (nSPS) is 14.4. The number of carbonyl (C=O) groups excluding carboxylic acids is 2. The average molecular weight is 471 g/mol. The van der Waals surface area contributed by atoms with Gasteiger partial charge in [-0.05, 0) is 37.1 Å². The first-order valence-corrected chi connectivity index (χ1v) is 11.0. The Balaban J connectivity index is 1.35. The summed E-state index contributed by atoms with van der Waals surface area (Å²) in [6.45, 7) is 3.59. The van der Waals surface area contributed by atoms with Crippen LogP contribution >= 0.6 is 0 Å². The Labute approximate surface area is 196 Å². The molecule has 1 saturated heterocycles. The first-order valence-electron chi connectivity index (χ1n) is 11.0. The number of likely N-dealkylation sites (tertiary alicyclic amines) is 1. The number of nitrogens with zero attached hydrogens (tertiary/aromatic N) is 3. The molecule has 1 aliphatic heterocycles. The van der Waals surface area contributed by atoms with Crippen molar-refractivity contribution >= 4 is 22.7 Å². The van der Waals surface area contributed by atoms with E-state index in [0.717, 1.165) is 12.8 Å². The predicted octanol–water partition coefficient (Wildman–Crippen LogP) is 3.01. The Morgan fingerprint density at radius 3 is 2.59 bits per heavy atom. The van der Waals surface area contributed by atoms with Crippen molar-refractivity contribution in [3.8, 4) is 17.2 Å². The Morgan fingerprint density at radius 1 is 1.15 bits per heavy atom. The van der Waals surface area contributed by atoms with Crippen LogP contribution in [0.15, 0.2) is 36.5 Å². The maximum atomic E-state index is 14.7. The number of piperidine rings is 1. The van der Waals surface area contributed by atoms with Crippen molar-refractivity contribution in [2.45, 2.75) is 25.9 Å². The second-order valence-corrected chi connectivity index (χ2v) is 8.16. The largest absolute Gasteiger partial charge is 0.491 e. The molecule has 0 spiro atoms. The summed E-state index contributed by atoms with van der Waals surface area (Å²) in [5.74, 6) is -0.563. The second kappa shape index (κ2) is 10.1. The van der Waals surface area contributed by atoms with Gasteiger partial charge in [-0.25, -0.2) is 4.39 Å². The molecule has 1 fully saturated rings. The van der Waals surface area contributed by atoms with E-state index in [1.54, 1.807) is 37.0 Å². The highest BCUT2D eigenvalue weighted by molar-refractivity contribution is 5.99. The van der Waals surface area contributed by atoms with E-state index in [9.17, 15) is 14.0 Å². The van der Waals surface area contributed by atoms with E-state index in [4.69, 9.17) is 19.9 Å². The fourth-order valence-corrected chi connectivity index (χ4v) is 3.98. The number of hydrogen-bond donors (Lipinski definition) is 1. The molecule has 1 aliphatic rings. The van der Waals surface area contributed by atoms with Gasteiger partial charge in [0.1, 0.15) is 17.9 Å². The summed E-state index contributed by atoms with van der Waals surface area (Å²) in [6.07, 6.45) is 3.26. The van der Waals surface area contributed by atoms with Gasteiger partial charge in [-0.2, -0.15) is 5.10 Å². The van der Waals surface area contributed by atoms with Gasteiger partial charge < -0.3 is 24.8 Å². The number of rotatable bonds is 8. The summed E-state index contributed by atoms with van der Waals surface area (Å²) in [4.78, 5) is 24.9. The van der Waals surface area contributed by atoms with Gasteiger partial charge in [-0.1, -0.05) is 0 Å². The molecule has 2 aromatic carbocycles. The molecule has 9 nitrogen and oxygen atoms in total. The molecule has 180 valence electrons. The molecule has 0 aliphatic carbocycles. The zero-order valence-electron chi connectivity index (χ0n) is 19.1. The summed E-state index contributed by atoms with van der Waals surface area (Å²) in [5.41, 5.74) is 6.26. The highest BCUT2D eigenvalue weighted by atomic mass is 19.1. The molecule has 3 aromatic rings. The summed E-state index contributed by atoms with van der Waals surface area (Å²) in [7, 11) is 1.72. The molecule has 0 saturated carbocycles. The third-order valence-electron chi connectivity index (χ3n) is 5.80. The van der Waals surface area contributed by atoms with Crippen LogP contribution in [-0.2, 0) is 16.6 Å². The van der Waals surface area contributed by atoms with Crippen LogP contribution in [0, 0.1) is 5.82 Å². The first kappa shape index (κ1) is 23.5. The van der Waals surface area contributed by atoms with Gasteiger partial charge >= 0.3 is 0 Å². The number of hydrogen-bond acceptors (Lipinski definition) is 6. The van der Waals surface area contributed by atoms with Gasteiger partial charge in [0, 0.05) is 44.1 Å². The molecule has 2 N–H and O–H groups in total. The highest BCUT2D eigenvalue weighted by Gasteiger charge is 2.21. The molecular weight excluding hydrogens is 443 g/mol. The Bertz CT molecular complexity index is 1200. The summed E-state index contributed by atoms with van der Waals surface area (Å²) in [6, 6.07) is 7.37. The van der Waals surface area contributed by atoms with E-state index < -0.39 is 11.7 Å². The average Bonchev–Trinajstić information content (AvgIpc) is 3.19. The highest BCUT2D eigenvalue weighted by Crippen LogP contribution is 2.33. The molecule has 10 heteroatoms. The zero-order valence-corrected chi connectivity index (χ0v) is 19.1. The number of primary amides is 1. The standard InChI is InChI=1S/C24H27FN4O5/c1-15(30)29-7-5-18(6-8-29)32-9-10-33-19-3-4-21(20(25)13-19)34-22-12-16(24(26)31)11-17-14-27-28(2)23(17)22/h3-4,11-14,18H,5-10H2,1-2H3,(H2,26,31). The zero-order chi connectivity index (χ0) is 24.2. The maximum Gasteiger partial charge on any atom is 0.248 e. The molecule has 34 heavy (non-hydrogen) atoms. The first-order chi connectivity index (χ1) is 16.3. The van der Waals surface area contributed by atoms with Crippen LogP contribution in [0.2, 0.25) is 0 Å². The van der Waals surface area contributed by atoms with E-state index >= 15 is 0 Å². The third-order valence-corrected chi connectivity index (χ3v) is 5.80. The van der Waals surface area contributed by atoms with E-state index in [1.807, 2.05) is 4.90 Å². The minimum atomic E-state index is -0.619. The predicted molar refractivity (Wildman–Crippen MR) is 122 cm³/mol. The molecule has 0 bridgehead atoms. The number of halogens is 1. The van der Waals surface area contributed by atoms with Crippen LogP contribution in [0.1, 0.15) is 30.1 Å². The van der Waals surface area contributed by atoms with Gasteiger partial charge in [0.15, 0.2) is 17.3 Å². The summed E-state index contributed by atoms with van der Waals surface area (Å²) in [5, 5.41) is 4.82. The molecular formula is C24H27FN4O5. The number of aromatic nitrogens is 2. The molecule has 1 aromatic heterocycles. The molecule has 4 rings (SSSR count). The van der Waals surface area contributed by atoms with Crippen LogP contribution in [0.5, 0.6) is 17.2 Å². The number of carbonyl (C=O) groups is 2. The topological polar surface area (TPSA) is 109 Å². The minimum Gasteiger partial charge on any atom is -0.491 e. The van der Waals surface area contributed by atoms with Crippen molar-refractivity contribution in [3.63, 3.8) is 0 Å². The molecule has 0 atom stereocenters. The molecule has 0 radical (unpaired) electrons. The number of ether oxygens (including phenoxy) is 3. The lowest BCUT2D eigenvalue weighted by Crippen LogP contribution is -2.40. The van der Waals surface area contributed by atoms with Crippen LogP contribution in [0.4, 0.5) is 4.39 Å². The number of nitrogens with two attached hydrogens (primary N) is 1. The fourth-order valence-electron chi connectivity index (χ4n) is 3.98. The maximum absolute atomic E-state index is 14.7. The lowest BCUT2D eigenvalue weighted by Gasteiger charge is -2.31. The van der Waals surface area contributed by atoms with Crippen molar-refractivity contribution < 1.29 is 28.2 Å². The van der Waals surface area contributed by atoms with Crippen molar-refractivity contribution in [3.05, 3.63) is 47.9 Å². The lowest BCUT2D eigenvalue weighted by atomic mass is 10.1. The van der Waals surface area contributed by atoms with Crippen LogP contribution in [-0.4, -0.2) is 58.9 Å². The number of fused-ring (bicyclic) bond motifs is 1. The van der Waals surface area contributed by atoms with Crippen LogP contribution < -0.4 is 15.2 Å². The third kappa shape index (κ3) is 5.28. The quantitative estimate of drug-likeness (QED) is 0.507. The van der Waals surface area contributed by atoms with Crippen molar-refractivity contribution in [1.82, 2.24) is 14.7 Å². The minimum absolute atomic E-state index is 0.0232. The second-order valence-electron chi connectivity index (χ2n) is 8.16. The number of benzene rings is 2. The number of aryl methyl sites for hydroxylation is 1. The van der Waals surface area contributed by atoms with Crippen molar-refractivity contribution in [2.24, 2.45) is 12.8 Å². The SMILES string of the molecule is CC(=O)N1CCC(OCCOc2ccc(Oc3cc(C(N)=O)cc4cnn(C)c34)c(F)c2)CC1. The van der Waals surface area contributed by atoms with Gasteiger partial charge in [-0.15, -0.1) is 0 Å². The summed E-state index contributed by atoms with van der Waals surface area (Å²) < 4.78 is 33.5. The lowest BCUT2D eigenvalue weighted by molar-refractivity contribution is -0.131. The van der Waals surface area contributed by atoms with Crippen molar-refractivity contribution in [1.29, 1.82) is 0 Å². The van der Waals surface area contributed by atoms with Gasteiger partial charge in [0.05, 0.1) is 18.9 Å².